The maximum Gasteiger partial charge on any atom is 0.236 e. The van der Waals surface area contributed by atoms with Crippen molar-refractivity contribution in [1.82, 2.24) is 5.32 Å². The Morgan fingerprint density at radius 3 is 2.72 bits per heavy atom. The number of amides is 1. The van der Waals surface area contributed by atoms with Crippen LogP contribution in [-0.4, -0.2) is 35.6 Å². The van der Waals surface area contributed by atoms with Crippen LogP contribution >= 0.6 is 11.8 Å². The molecule has 0 spiro atoms. The Balaban J connectivity index is 2.24. The van der Waals surface area contributed by atoms with Gasteiger partial charge in [-0.05, 0) is 42.5 Å². The molecule has 0 fully saturated rings. The zero-order valence-corrected chi connectivity index (χ0v) is 11.4. The Morgan fingerprint density at radius 1 is 1.44 bits per heavy atom. The van der Waals surface area contributed by atoms with Crippen molar-refractivity contribution in [2.45, 2.75) is 18.9 Å². The van der Waals surface area contributed by atoms with Crippen molar-refractivity contribution in [3.63, 3.8) is 0 Å². The number of carbonyl (C=O) groups excluding carboxylic acids is 1. The number of rotatable bonds is 7. The lowest BCUT2D eigenvalue weighted by atomic mass is 10.1. The molecule has 0 heterocycles. The van der Waals surface area contributed by atoms with Gasteiger partial charge in [-0.3, -0.25) is 4.79 Å². The van der Waals surface area contributed by atoms with Gasteiger partial charge in [0.25, 0.3) is 0 Å². The number of phenolic OH excluding ortho intramolecular Hbond substituents is 1. The Kier molecular flexibility index (Phi) is 6.60. The molecule has 4 N–H and O–H groups in total. The van der Waals surface area contributed by atoms with E-state index in [1.54, 1.807) is 23.9 Å². The average Bonchev–Trinajstić information content (AvgIpc) is 2.38. The van der Waals surface area contributed by atoms with Crippen LogP contribution in [0.5, 0.6) is 5.75 Å². The van der Waals surface area contributed by atoms with Crippen molar-refractivity contribution >= 4 is 17.7 Å². The number of benzene rings is 1. The molecule has 1 amide bonds. The topological polar surface area (TPSA) is 75.4 Å². The van der Waals surface area contributed by atoms with Crippen molar-refractivity contribution in [2.24, 2.45) is 5.73 Å². The smallest absolute Gasteiger partial charge is 0.236 e. The molecule has 0 aromatic heterocycles. The highest BCUT2D eigenvalue weighted by Gasteiger charge is 2.11. The van der Waals surface area contributed by atoms with Crippen molar-refractivity contribution in [2.75, 3.05) is 18.6 Å². The molecule has 0 saturated carbocycles. The van der Waals surface area contributed by atoms with Gasteiger partial charge in [0.15, 0.2) is 0 Å². The minimum Gasteiger partial charge on any atom is -0.508 e. The molecule has 4 nitrogen and oxygen atoms in total. The number of aromatic hydroxyl groups is 1. The Bertz CT molecular complexity index is 368. The third-order valence-electron chi connectivity index (χ3n) is 2.62. The summed E-state index contributed by atoms with van der Waals surface area (Å²) in [6.45, 7) is 0.566. The van der Waals surface area contributed by atoms with Gasteiger partial charge in [-0.15, -0.1) is 0 Å². The zero-order valence-electron chi connectivity index (χ0n) is 10.6. The predicted molar refractivity (Wildman–Crippen MR) is 75.8 cm³/mol. The summed E-state index contributed by atoms with van der Waals surface area (Å²) in [5.41, 5.74) is 6.82. The number of carbonyl (C=O) groups is 1. The summed E-state index contributed by atoms with van der Waals surface area (Å²) in [6.07, 6.45) is 3.43. The maximum atomic E-state index is 11.6. The first kappa shape index (κ1) is 14.9. The molecule has 0 bridgehead atoms. The second kappa shape index (κ2) is 8.00. The molecule has 5 heteroatoms. The lowest BCUT2D eigenvalue weighted by molar-refractivity contribution is -0.122. The summed E-state index contributed by atoms with van der Waals surface area (Å²) >= 11 is 1.69. The van der Waals surface area contributed by atoms with Gasteiger partial charge in [0.1, 0.15) is 5.75 Å². The Labute approximate surface area is 112 Å². The highest BCUT2D eigenvalue weighted by molar-refractivity contribution is 7.98. The van der Waals surface area contributed by atoms with E-state index in [9.17, 15) is 4.79 Å². The monoisotopic (exact) mass is 268 g/mol. The highest BCUT2D eigenvalue weighted by Crippen LogP contribution is 2.09. The summed E-state index contributed by atoms with van der Waals surface area (Å²) in [4.78, 5) is 11.6. The van der Waals surface area contributed by atoms with E-state index in [-0.39, 0.29) is 11.7 Å². The van der Waals surface area contributed by atoms with Gasteiger partial charge in [0.05, 0.1) is 6.04 Å². The van der Waals surface area contributed by atoms with Crippen molar-refractivity contribution < 1.29 is 9.90 Å². The second-order valence-electron chi connectivity index (χ2n) is 4.10. The van der Waals surface area contributed by atoms with Gasteiger partial charge >= 0.3 is 0 Å². The molecule has 0 radical (unpaired) electrons. The van der Waals surface area contributed by atoms with E-state index in [1.807, 2.05) is 18.4 Å². The second-order valence-corrected chi connectivity index (χ2v) is 5.08. The minimum absolute atomic E-state index is 0.0946. The molecule has 0 aliphatic heterocycles. The van der Waals surface area contributed by atoms with Crippen LogP contribution in [-0.2, 0) is 11.2 Å². The van der Waals surface area contributed by atoms with E-state index in [4.69, 9.17) is 10.8 Å². The van der Waals surface area contributed by atoms with Gasteiger partial charge in [0.2, 0.25) is 5.91 Å². The first-order chi connectivity index (χ1) is 8.63. The van der Waals surface area contributed by atoms with E-state index in [2.05, 4.69) is 5.32 Å². The number of hydrogen-bond acceptors (Lipinski definition) is 4. The molecule has 1 atom stereocenters. The van der Waals surface area contributed by atoms with E-state index < -0.39 is 6.04 Å². The van der Waals surface area contributed by atoms with Crippen LogP contribution in [0.2, 0.25) is 0 Å². The summed E-state index contributed by atoms with van der Waals surface area (Å²) in [5, 5.41) is 12.0. The van der Waals surface area contributed by atoms with Gasteiger partial charge in [-0.25, -0.2) is 0 Å². The number of hydrogen-bond donors (Lipinski definition) is 3. The first-order valence-electron chi connectivity index (χ1n) is 5.93. The molecule has 1 rings (SSSR count). The molecule has 1 aromatic carbocycles. The van der Waals surface area contributed by atoms with Crippen molar-refractivity contribution in [3.05, 3.63) is 29.8 Å². The third-order valence-corrected chi connectivity index (χ3v) is 3.26. The van der Waals surface area contributed by atoms with Gasteiger partial charge in [-0.1, -0.05) is 12.1 Å². The molecule has 0 saturated heterocycles. The van der Waals surface area contributed by atoms with E-state index in [0.717, 1.165) is 17.7 Å². The molecular formula is C13H20N2O2S. The van der Waals surface area contributed by atoms with Crippen LogP contribution in [0.25, 0.3) is 0 Å². The lowest BCUT2D eigenvalue weighted by Crippen LogP contribution is -2.41. The number of thioether (sulfide) groups is 1. The summed E-state index contributed by atoms with van der Waals surface area (Å²) in [6, 6.07) is 6.55. The Morgan fingerprint density at radius 2 is 2.11 bits per heavy atom. The zero-order chi connectivity index (χ0) is 13.4. The van der Waals surface area contributed by atoms with Crippen LogP contribution in [0.3, 0.4) is 0 Å². The molecule has 18 heavy (non-hydrogen) atoms. The minimum atomic E-state index is -0.419. The SMILES string of the molecule is CSCC[C@H](N)C(=O)NCCc1ccc(O)cc1. The van der Waals surface area contributed by atoms with Gasteiger partial charge < -0.3 is 16.2 Å². The van der Waals surface area contributed by atoms with E-state index >= 15 is 0 Å². The van der Waals surface area contributed by atoms with Crippen LogP contribution in [0, 0.1) is 0 Å². The van der Waals surface area contributed by atoms with Gasteiger partial charge in [0, 0.05) is 6.54 Å². The largest absolute Gasteiger partial charge is 0.508 e. The fourth-order valence-corrected chi connectivity index (χ4v) is 1.99. The van der Waals surface area contributed by atoms with Crippen LogP contribution < -0.4 is 11.1 Å². The van der Waals surface area contributed by atoms with Crippen LogP contribution in [0.4, 0.5) is 0 Å². The summed E-state index contributed by atoms with van der Waals surface area (Å²) in [5.74, 6) is 1.05. The molecule has 100 valence electrons. The number of nitrogens with two attached hydrogens (primary N) is 1. The molecule has 0 unspecified atom stereocenters. The van der Waals surface area contributed by atoms with Gasteiger partial charge in [-0.2, -0.15) is 11.8 Å². The van der Waals surface area contributed by atoms with Crippen LogP contribution in [0.15, 0.2) is 24.3 Å². The third kappa shape index (κ3) is 5.42. The molecule has 0 aliphatic rings. The molecule has 1 aromatic rings. The van der Waals surface area contributed by atoms with E-state index in [1.165, 1.54) is 0 Å². The number of phenols is 1. The highest BCUT2D eigenvalue weighted by atomic mass is 32.2. The maximum absolute atomic E-state index is 11.6. The van der Waals surface area contributed by atoms with Crippen LogP contribution in [0.1, 0.15) is 12.0 Å². The number of nitrogens with one attached hydrogen (secondary N) is 1. The Hall–Kier alpha value is -1.20. The standard InChI is InChI=1S/C13H20N2O2S/c1-18-9-7-12(14)13(17)15-8-6-10-2-4-11(16)5-3-10/h2-5,12,16H,6-9,14H2,1H3,(H,15,17)/t12-/m0/s1. The predicted octanol–water partition coefficient (Wildman–Crippen LogP) is 1.13. The molecular weight excluding hydrogens is 248 g/mol. The lowest BCUT2D eigenvalue weighted by Gasteiger charge is -2.11. The average molecular weight is 268 g/mol. The van der Waals surface area contributed by atoms with Crippen molar-refractivity contribution in [1.29, 1.82) is 0 Å². The normalized spacial score (nSPS) is 12.1. The van der Waals surface area contributed by atoms with E-state index in [0.29, 0.717) is 13.0 Å². The first-order valence-corrected chi connectivity index (χ1v) is 7.33. The summed E-state index contributed by atoms with van der Waals surface area (Å²) in [7, 11) is 0. The van der Waals surface area contributed by atoms with Crippen molar-refractivity contribution in [3.8, 4) is 5.75 Å². The summed E-state index contributed by atoms with van der Waals surface area (Å²) < 4.78 is 0. The molecule has 0 aliphatic carbocycles. The fourth-order valence-electron chi connectivity index (χ4n) is 1.50. The fraction of sp³-hybridized carbons (Fsp3) is 0.462. The quantitative estimate of drug-likeness (QED) is 0.693.